The summed E-state index contributed by atoms with van der Waals surface area (Å²) in [5, 5.41) is 2.62. The summed E-state index contributed by atoms with van der Waals surface area (Å²) in [6, 6.07) is 6.73. The second-order valence-electron chi connectivity index (χ2n) is 4.15. The number of ether oxygens (including phenoxy) is 1. The molecule has 0 fully saturated rings. The van der Waals surface area contributed by atoms with Gasteiger partial charge in [-0.25, -0.2) is 4.98 Å². The predicted octanol–water partition coefficient (Wildman–Crippen LogP) is 1.95. The average molecular weight is 274 g/mol. The van der Waals surface area contributed by atoms with Crippen molar-refractivity contribution in [3.05, 3.63) is 47.5 Å². The van der Waals surface area contributed by atoms with Crippen LogP contribution in [0.1, 0.15) is 21.8 Å². The van der Waals surface area contributed by atoms with E-state index in [0.29, 0.717) is 11.5 Å². The fourth-order valence-corrected chi connectivity index (χ4v) is 1.65. The van der Waals surface area contributed by atoms with Crippen LogP contribution in [0.3, 0.4) is 0 Å². The Morgan fingerprint density at radius 1 is 1.35 bits per heavy atom. The van der Waals surface area contributed by atoms with Gasteiger partial charge in [-0.3, -0.25) is 9.59 Å². The third-order valence-electron chi connectivity index (χ3n) is 2.67. The van der Waals surface area contributed by atoms with E-state index in [9.17, 15) is 9.59 Å². The molecule has 1 amide bonds. The normalized spacial score (nSPS) is 10.1. The SMILES string of the molecule is COC(=O)Cc1cccc(NC(=O)c2occc2C)n1. The smallest absolute Gasteiger partial charge is 0.311 e. The van der Waals surface area contributed by atoms with E-state index in [2.05, 4.69) is 15.0 Å². The Morgan fingerprint density at radius 3 is 2.80 bits per heavy atom. The summed E-state index contributed by atoms with van der Waals surface area (Å²) < 4.78 is 9.66. The topological polar surface area (TPSA) is 81.4 Å². The van der Waals surface area contributed by atoms with Crippen LogP contribution in [0.2, 0.25) is 0 Å². The summed E-state index contributed by atoms with van der Waals surface area (Å²) >= 11 is 0. The second kappa shape index (κ2) is 6.01. The Balaban J connectivity index is 2.10. The molecule has 0 atom stereocenters. The summed E-state index contributed by atoms with van der Waals surface area (Å²) in [5.74, 6) is -0.171. The summed E-state index contributed by atoms with van der Waals surface area (Å²) in [5.41, 5.74) is 1.26. The Labute approximate surface area is 115 Å². The van der Waals surface area contributed by atoms with Crippen LogP contribution in [0.15, 0.2) is 34.9 Å². The van der Waals surface area contributed by atoms with Crippen LogP contribution in [0.4, 0.5) is 5.82 Å². The van der Waals surface area contributed by atoms with Crippen molar-refractivity contribution in [3.8, 4) is 0 Å². The molecule has 0 aliphatic rings. The lowest BCUT2D eigenvalue weighted by Crippen LogP contribution is -2.14. The molecule has 0 saturated carbocycles. The van der Waals surface area contributed by atoms with E-state index in [4.69, 9.17) is 4.42 Å². The number of nitrogens with zero attached hydrogens (tertiary/aromatic N) is 1. The first kappa shape index (κ1) is 13.8. The van der Waals surface area contributed by atoms with E-state index in [1.807, 2.05) is 0 Å². The first-order valence-electron chi connectivity index (χ1n) is 5.98. The zero-order valence-electron chi connectivity index (χ0n) is 11.2. The molecule has 20 heavy (non-hydrogen) atoms. The molecule has 2 aromatic rings. The first-order valence-corrected chi connectivity index (χ1v) is 5.98. The van der Waals surface area contributed by atoms with Crippen molar-refractivity contribution >= 4 is 17.7 Å². The Morgan fingerprint density at radius 2 is 2.15 bits per heavy atom. The number of methoxy groups -OCH3 is 1. The van der Waals surface area contributed by atoms with E-state index < -0.39 is 0 Å². The number of rotatable bonds is 4. The molecule has 6 nitrogen and oxygen atoms in total. The molecule has 2 heterocycles. The molecule has 6 heteroatoms. The maximum Gasteiger partial charge on any atom is 0.311 e. The molecule has 2 aromatic heterocycles. The third kappa shape index (κ3) is 3.23. The molecule has 0 aliphatic heterocycles. The Hall–Kier alpha value is -2.63. The molecule has 1 N–H and O–H groups in total. The molecule has 0 saturated heterocycles. The summed E-state index contributed by atoms with van der Waals surface area (Å²) in [6.07, 6.45) is 1.51. The standard InChI is InChI=1S/C14H14N2O4/c1-9-6-7-20-13(9)14(18)16-11-5-3-4-10(15-11)8-12(17)19-2/h3-7H,8H2,1-2H3,(H,15,16,18). The van der Waals surface area contributed by atoms with Gasteiger partial charge in [-0.2, -0.15) is 0 Å². The van der Waals surface area contributed by atoms with Crippen LogP contribution in [0, 0.1) is 6.92 Å². The molecule has 0 unspecified atom stereocenters. The fourth-order valence-electron chi connectivity index (χ4n) is 1.65. The Bertz CT molecular complexity index is 634. The van der Waals surface area contributed by atoms with Crippen molar-refractivity contribution < 1.29 is 18.7 Å². The summed E-state index contributed by atoms with van der Waals surface area (Å²) in [4.78, 5) is 27.3. The Kier molecular flexibility index (Phi) is 4.14. The van der Waals surface area contributed by atoms with E-state index in [0.717, 1.165) is 5.56 Å². The number of pyridine rings is 1. The zero-order valence-corrected chi connectivity index (χ0v) is 11.2. The molecular formula is C14H14N2O4. The number of furan rings is 1. The number of hydrogen-bond donors (Lipinski definition) is 1. The van der Waals surface area contributed by atoms with Gasteiger partial charge in [0.25, 0.3) is 5.91 Å². The molecular weight excluding hydrogens is 260 g/mol. The number of anilines is 1. The second-order valence-corrected chi connectivity index (χ2v) is 4.15. The van der Waals surface area contributed by atoms with Gasteiger partial charge < -0.3 is 14.5 Å². The molecule has 0 bridgehead atoms. The third-order valence-corrected chi connectivity index (χ3v) is 2.67. The van der Waals surface area contributed by atoms with Gasteiger partial charge in [0.2, 0.25) is 0 Å². The van der Waals surface area contributed by atoms with Crippen LogP contribution in [0.5, 0.6) is 0 Å². The molecule has 0 aromatic carbocycles. The van der Waals surface area contributed by atoms with Crippen LogP contribution in [0.25, 0.3) is 0 Å². The number of hydrogen-bond acceptors (Lipinski definition) is 5. The van der Waals surface area contributed by atoms with E-state index in [1.54, 1.807) is 31.2 Å². The van der Waals surface area contributed by atoms with Gasteiger partial charge in [0.05, 0.1) is 25.5 Å². The highest BCUT2D eigenvalue weighted by Crippen LogP contribution is 2.12. The van der Waals surface area contributed by atoms with Crippen LogP contribution < -0.4 is 5.32 Å². The number of amides is 1. The first-order chi connectivity index (χ1) is 9.60. The van der Waals surface area contributed by atoms with Gasteiger partial charge in [-0.15, -0.1) is 0 Å². The molecule has 0 aliphatic carbocycles. The highest BCUT2D eigenvalue weighted by Gasteiger charge is 2.13. The highest BCUT2D eigenvalue weighted by atomic mass is 16.5. The van der Waals surface area contributed by atoms with Crippen molar-refractivity contribution in [2.75, 3.05) is 12.4 Å². The highest BCUT2D eigenvalue weighted by molar-refractivity contribution is 6.02. The quantitative estimate of drug-likeness (QED) is 0.862. The summed E-state index contributed by atoms with van der Waals surface area (Å²) in [6.45, 7) is 1.78. The fraction of sp³-hybridized carbons (Fsp3) is 0.214. The van der Waals surface area contributed by atoms with Crippen molar-refractivity contribution in [1.29, 1.82) is 0 Å². The number of nitrogens with one attached hydrogen (secondary N) is 1. The van der Waals surface area contributed by atoms with E-state index in [1.165, 1.54) is 13.4 Å². The van der Waals surface area contributed by atoms with Gasteiger partial charge in [0.1, 0.15) is 5.82 Å². The number of esters is 1. The zero-order chi connectivity index (χ0) is 14.5. The van der Waals surface area contributed by atoms with Gasteiger partial charge in [0.15, 0.2) is 5.76 Å². The molecule has 2 rings (SSSR count). The minimum Gasteiger partial charge on any atom is -0.469 e. The van der Waals surface area contributed by atoms with Crippen molar-refractivity contribution in [2.45, 2.75) is 13.3 Å². The van der Waals surface area contributed by atoms with Gasteiger partial charge >= 0.3 is 5.97 Å². The van der Waals surface area contributed by atoms with Crippen LogP contribution in [-0.4, -0.2) is 24.0 Å². The van der Waals surface area contributed by atoms with E-state index in [-0.39, 0.29) is 24.1 Å². The number of aromatic nitrogens is 1. The predicted molar refractivity (Wildman–Crippen MR) is 71.4 cm³/mol. The van der Waals surface area contributed by atoms with Crippen LogP contribution >= 0.6 is 0 Å². The molecule has 0 radical (unpaired) electrons. The number of carbonyl (C=O) groups is 2. The van der Waals surface area contributed by atoms with Crippen molar-refractivity contribution in [3.63, 3.8) is 0 Å². The lowest BCUT2D eigenvalue weighted by atomic mass is 10.2. The van der Waals surface area contributed by atoms with Crippen LogP contribution in [-0.2, 0) is 16.0 Å². The van der Waals surface area contributed by atoms with Crippen molar-refractivity contribution in [2.24, 2.45) is 0 Å². The maximum absolute atomic E-state index is 11.9. The van der Waals surface area contributed by atoms with Gasteiger partial charge in [0, 0.05) is 5.56 Å². The van der Waals surface area contributed by atoms with E-state index >= 15 is 0 Å². The minimum absolute atomic E-state index is 0.0555. The van der Waals surface area contributed by atoms with Gasteiger partial charge in [-0.1, -0.05) is 6.07 Å². The molecule has 104 valence electrons. The average Bonchev–Trinajstić information content (AvgIpc) is 2.85. The maximum atomic E-state index is 11.9. The number of carbonyl (C=O) groups excluding carboxylic acids is 2. The summed E-state index contributed by atoms with van der Waals surface area (Å²) in [7, 11) is 1.31. The lowest BCUT2D eigenvalue weighted by Gasteiger charge is -2.05. The largest absolute Gasteiger partial charge is 0.469 e. The van der Waals surface area contributed by atoms with Crippen molar-refractivity contribution in [1.82, 2.24) is 4.98 Å². The monoisotopic (exact) mass is 274 g/mol. The van der Waals surface area contributed by atoms with Gasteiger partial charge in [-0.05, 0) is 25.1 Å². The molecule has 0 spiro atoms. The number of aryl methyl sites for hydroxylation is 1. The lowest BCUT2D eigenvalue weighted by molar-refractivity contribution is -0.139. The minimum atomic E-state index is -0.386.